The summed E-state index contributed by atoms with van der Waals surface area (Å²) in [6, 6.07) is 5.76. The quantitative estimate of drug-likeness (QED) is 0.706. The second-order valence-electron chi connectivity index (χ2n) is 7.50. The first-order chi connectivity index (χ1) is 12.6. The third-order valence-corrected chi connectivity index (χ3v) is 5.70. The lowest BCUT2D eigenvalue weighted by molar-refractivity contribution is -0.120. The van der Waals surface area contributed by atoms with Crippen LogP contribution < -0.4 is 0 Å². The van der Waals surface area contributed by atoms with E-state index in [1.807, 2.05) is 18.2 Å². The molecule has 0 bridgehead atoms. The van der Waals surface area contributed by atoms with Crippen molar-refractivity contribution in [2.75, 3.05) is 0 Å². The van der Waals surface area contributed by atoms with Crippen molar-refractivity contribution in [1.29, 1.82) is 0 Å². The lowest BCUT2D eigenvalue weighted by Crippen LogP contribution is -2.09. The Hall–Kier alpha value is -2.11. The molecule has 6 heteroatoms. The molecule has 4 nitrogen and oxygen atoms in total. The van der Waals surface area contributed by atoms with Gasteiger partial charge < -0.3 is 4.52 Å². The predicted molar refractivity (Wildman–Crippen MR) is 92.0 cm³/mol. The predicted octanol–water partition coefficient (Wildman–Crippen LogP) is 5.24. The highest BCUT2D eigenvalue weighted by atomic mass is 19.3. The number of carbonyl (C=O) groups excluding carboxylic acids is 1. The van der Waals surface area contributed by atoms with E-state index < -0.39 is 12.3 Å². The zero-order chi connectivity index (χ0) is 18.1. The Kier molecular flexibility index (Phi) is 4.83. The number of rotatable bonds is 6. The maximum Gasteiger partial charge on any atom is 0.315 e. The molecule has 2 aliphatic rings. The minimum atomic E-state index is -2.76. The highest BCUT2D eigenvalue weighted by Gasteiger charge is 2.27. The summed E-state index contributed by atoms with van der Waals surface area (Å²) in [5, 5.41) is 3.64. The number of benzene rings is 1. The van der Waals surface area contributed by atoms with Gasteiger partial charge in [-0.25, -0.2) is 0 Å². The van der Waals surface area contributed by atoms with Gasteiger partial charge in [0.2, 0.25) is 5.82 Å². The van der Waals surface area contributed by atoms with Crippen molar-refractivity contribution in [2.45, 2.75) is 63.7 Å². The number of fused-ring (bicyclic) bond motifs is 1. The van der Waals surface area contributed by atoms with Gasteiger partial charge in [-0.1, -0.05) is 43.0 Å². The molecule has 1 aromatic carbocycles. The maximum absolute atomic E-state index is 12.6. The van der Waals surface area contributed by atoms with Crippen LogP contribution in [-0.4, -0.2) is 15.9 Å². The number of halogens is 2. The number of nitrogens with zero attached hydrogens (tertiary/aromatic N) is 2. The zero-order valence-electron chi connectivity index (χ0n) is 14.6. The van der Waals surface area contributed by atoms with Gasteiger partial charge in [-0.2, -0.15) is 13.8 Å². The summed E-state index contributed by atoms with van der Waals surface area (Å²) in [5.41, 5.74) is 3.04. The van der Waals surface area contributed by atoms with Crippen molar-refractivity contribution in [2.24, 2.45) is 5.92 Å². The molecular formula is C20H22F2N2O2. The highest BCUT2D eigenvalue weighted by molar-refractivity contribution is 5.80. The Morgan fingerprint density at radius 3 is 2.73 bits per heavy atom. The van der Waals surface area contributed by atoms with E-state index in [1.54, 1.807) is 0 Å². The molecule has 1 heterocycles. The number of alkyl halides is 2. The first kappa shape index (κ1) is 17.3. The molecule has 0 radical (unpaired) electrons. The molecule has 0 amide bonds. The molecule has 1 aromatic heterocycles. The molecule has 2 aliphatic carbocycles. The Morgan fingerprint density at radius 2 is 2.00 bits per heavy atom. The molecule has 0 aliphatic heterocycles. The van der Waals surface area contributed by atoms with Gasteiger partial charge in [0.05, 0.1) is 0 Å². The minimum absolute atomic E-state index is 0.184. The molecule has 1 saturated carbocycles. The van der Waals surface area contributed by atoms with Gasteiger partial charge in [-0.05, 0) is 41.9 Å². The lowest BCUT2D eigenvalue weighted by atomic mass is 9.91. The van der Waals surface area contributed by atoms with E-state index in [0.717, 1.165) is 24.8 Å². The number of hydrogen-bond acceptors (Lipinski definition) is 4. The zero-order valence-corrected chi connectivity index (χ0v) is 14.6. The number of aromatic nitrogens is 2. The molecule has 1 atom stereocenters. The average molecular weight is 360 g/mol. The summed E-state index contributed by atoms with van der Waals surface area (Å²) in [4.78, 5) is 16.2. The van der Waals surface area contributed by atoms with Crippen LogP contribution in [0.5, 0.6) is 0 Å². The van der Waals surface area contributed by atoms with E-state index >= 15 is 0 Å². The smallest absolute Gasteiger partial charge is 0.315 e. The third kappa shape index (κ3) is 3.55. The lowest BCUT2D eigenvalue weighted by Gasteiger charge is -2.13. The fourth-order valence-corrected chi connectivity index (χ4v) is 4.39. The molecule has 4 rings (SSSR count). The first-order valence-corrected chi connectivity index (χ1v) is 9.37. The normalized spacial score (nSPS) is 20.0. The summed E-state index contributed by atoms with van der Waals surface area (Å²) >= 11 is 0. The molecule has 138 valence electrons. The number of aryl methyl sites for hydroxylation is 1. The molecule has 0 spiro atoms. The highest BCUT2D eigenvalue weighted by Crippen LogP contribution is 2.38. The number of Topliss-reactive ketones (excluding diaryl/α,β-unsaturated/α-hetero) is 1. The second kappa shape index (κ2) is 7.25. The summed E-state index contributed by atoms with van der Waals surface area (Å²) in [7, 11) is 0. The largest absolute Gasteiger partial charge is 0.333 e. The van der Waals surface area contributed by atoms with Crippen molar-refractivity contribution in [3.63, 3.8) is 0 Å². The standard InChI is InChI=1S/C20H22F2N2O2/c21-18(22)20-23-19(24-26-20)15-7-8-17-13(10-15)5-6-14(17)11-16(25)9-12-3-1-2-4-12/h7-8,10,12,14,18H,1-6,9,11H2/t14-/m0/s1. The van der Waals surface area contributed by atoms with Gasteiger partial charge >= 0.3 is 6.43 Å². The topological polar surface area (TPSA) is 56.0 Å². The molecule has 26 heavy (non-hydrogen) atoms. The van der Waals surface area contributed by atoms with Crippen LogP contribution in [0.1, 0.15) is 74.3 Å². The molecule has 1 fully saturated rings. The summed E-state index contributed by atoms with van der Waals surface area (Å²) in [6.07, 6.45) is 5.34. The fourth-order valence-electron chi connectivity index (χ4n) is 4.39. The van der Waals surface area contributed by atoms with Crippen molar-refractivity contribution < 1.29 is 18.1 Å². The summed E-state index contributed by atoms with van der Waals surface area (Å²) in [5.74, 6) is 0.765. The molecular weight excluding hydrogens is 338 g/mol. The molecule has 0 N–H and O–H groups in total. The van der Waals surface area contributed by atoms with Crippen molar-refractivity contribution in [3.05, 3.63) is 35.2 Å². The van der Waals surface area contributed by atoms with Gasteiger partial charge in [0.25, 0.3) is 5.89 Å². The van der Waals surface area contributed by atoms with Crippen LogP contribution in [0.3, 0.4) is 0 Å². The van der Waals surface area contributed by atoms with E-state index in [9.17, 15) is 13.6 Å². The Morgan fingerprint density at radius 1 is 1.19 bits per heavy atom. The van der Waals surface area contributed by atoms with Crippen LogP contribution in [0.4, 0.5) is 8.78 Å². The van der Waals surface area contributed by atoms with Crippen molar-refractivity contribution in [1.82, 2.24) is 10.1 Å². The van der Waals surface area contributed by atoms with Gasteiger partial charge in [0.15, 0.2) is 0 Å². The monoisotopic (exact) mass is 360 g/mol. The molecule has 0 saturated heterocycles. The van der Waals surface area contributed by atoms with Crippen LogP contribution >= 0.6 is 0 Å². The van der Waals surface area contributed by atoms with E-state index in [1.165, 1.54) is 31.2 Å². The van der Waals surface area contributed by atoms with E-state index in [0.29, 0.717) is 23.7 Å². The van der Waals surface area contributed by atoms with Gasteiger partial charge in [-0.15, -0.1) is 0 Å². The van der Waals surface area contributed by atoms with Gasteiger partial charge in [-0.3, -0.25) is 4.79 Å². The van der Waals surface area contributed by atoms with Gasteiger partial charge in [0.1, 0.15) is 5.78 Å². The Labute approximate surface area is 151 Å². The number of hydrogen-bond donors (Lipinski definition) is 0. The number of carbonyl (C=O) groups is 1. The van der Waals surface area contributed by atoms with Crippen LogP contribution in [0.2, 0.25) is 0 Å². The molecule has 2 aromatic rings. The van der Waals surface area contributed by atoms with E-state index in [-0.39, 0.29) is 11.7 Å². The molecule has 0 unspecified atom stereocenters. The Bertz CT molecular complexity index is 797. The first-order valence-electron chi connectivity index (χ1n) is 9.37. The maximum atomic E-state index is 12.6. The van der Waals surface area contributed by atoms with Gasteiger partial charge in [0, 0.05) is 18.4 Å². The average Bonchev–Trinajstić information content (AvgIpc) is 3.35. The summed E-state index contributed by atoms with van der Waals surface area (Å²) < 4.78 is 29.8. The SMILES string of the molecule is O=C(CC1CCCC1)C[C@@H]1CCc2cc(-c3noc(C(F)F)n3)ccc21. The minimum Gasteiger partial charge on any atom is -0.333 e. The Balaban J connectivity index is 1.44. The van der Waals surface area contributed by atoms with Crippen LogP contribution in [0.25, 0.3) is 11.4 Å². The van der Waals surface area contributed by atoms with Crippen LogP contribution in [0.15, 0.2) is 22.7 Å². The van der Waals surface area contributed by atoms with Crippen LogP contribution in [-0.2, 0) is 11.2 Å². The fraction of sp³-hybridized carbons (Fsp3) is 0.550. The van der Waals surface area contributed by atoms with Crippen molar-refractivity contribution >= 4 is 5.78 Å². The van der Waals surface area contributed by atoms with E-state index in [4.69, 9.17) is 0 Å². The van der Waals surface area contributed by atoms with Crippen molar-refractivity contribution in [3.8, 4) is 11.4 Å². The second-order valence-corrected chi connectivity index (χ2v) is 7.50. The number of ketones is 1. The third-order valence-electron chi connectivity index (χ3n) is 5.70. The van der Waals surface area contributed by atoms with E-state index in [2.05, 4.69) is 14.7 Å². The van der Waals surface area contributed by atoms with Crippen LogP contribution in [0, 0.1) is 5.92 Å². The summed E-state index contributed by atoms with van der Waals surface area (Å²) in [6.45, 7) is 0.